The Morgan fingerprint density at radius 3 is 2.22 bits per heavy atom. The van der Waals surface area contributed by atoms with Crippen LogP contribution in [-0.2, 0) is 0 Å². The van der Waals surface area contributed by atoms with Gasteiger partial charge in [0.1, 0.15) is 5.75 Å². The summed E-state index contributed by atoms with van der Waals surface area (Å²) in [5, 5.41) is 7.51. The minimum absolute atomic E-state index is 0.207. The first kappa shape index (κ1) is 16.7. The van der Waals surface area contributed by atoms with Crippen molar-refractivity contribution in [2.45, 2.75) is 20.3 Å². The number of amidine groups is 1. The largest absolute Gasteiger partial charge is 0.491 e. The second-order valence-corrected chi connectivity index (χ2v) is 8.16. The molecule has 0 heterocycles. The van der Waals surface area contributed by atoms with Gasteiger partial charge in [0.05, 0.1) is 19.6 Å². The van der Waals surface area contributed by atoms with Gasteiger partial charge in [0.25, 0.3) is 0 Å². The van der Waals surface area contributed by atoms with Gasteiger partial charge in [0.2, 0.25) is 0 Å². The molecule has 0 bridgehead atoms. The summed E-state index contributed by atoms with van der Waals surface area (Å²) in [4.78, 5) is 0. The Bertz CT molecular complexity index is 438. The fourth-order valence-corrected chi connectivity index (χ4v) is 5.10. The van der Waals surface area contributed by atoms with E-state index in [1.54, 1.807) is 0 Å². The van der Waals surface area contributed by atoms with Crippen LogP contribution in [0.4, 0.5) is 0 Å². The smallest absolute Gasteiger partial charge is 0.145 e. The minimum atomic E-state index is -0.305. The summed E-state index contributed by atoms with van der Waals surface area (Å²) in [7, 11) is 0. The van der Waals surface area contributed by atoms with Crippen LogP contribution < -0.4 is 10.5 Å². The zero-order valence-electron chi connectivity index (χ0n) is 10.2. The zero-order valence-corrected chi connectivity index (χ0v) is 16.7. The quantitative estimate of drug-likeness (QED) is 0.310. The summed E-state index contributed by atoms with van der Waals surface area (Å²) in [5.74, 6) is 1.13. The summed E-state index contributed by atoms with van der Waals surface area (Å²) in [6, 6.07) is 4.18. The Morgan fingerprint density at radius 1 is 1.28 bits per heavy atom. The monoisotopic (exact) mass is 584 g/mol. The molecule has 0 aliphatic heterocycles. The van der Waals surface area contributed by atoms with Crippen LogP contribution in [0.15, 0.2) is 12.1 Å². The molecule has 0 aliphatic rings. The Morgan fingerprint density at radius 2 is 1.78 bits per heavy atom. The Labute approximate surface area is 149 Å². The Hall–Kier alpha value is 0.680. The summed E-state index contributed by atoms with van der Waals surface area (Å²) < 4.78 is 9.27. The molecule has 0 radical (unpaired) electrons. The van der Waals surface area contributed by atoms with Crippen LogP contribution in [0.5, 0.6) is 5.75 Å². The molecule has 100 valence electrons. The summed E-state index contributed by atoms with van der Waals surface area (Å²) >= 11 is 6.87. The van der Waals surface area contributed by atoms with Gasteiger partial charge < -0.3 is 10.5 Å². The van der Waals surface area contributed by atoms with Crippen LogP contribution in [0.25, 0.3) is 0 Å². The van der Waals surface area contributed by atoms with E-state index in [0.29, 0.717) is 6.61 Å². The number of nitrogens with one attached hydrogen (secondary N) is 1. The van der Waals surface area contributed by atoms with Crippen molar-refractivity contribution in [3.8, 4) is 5.75 Å². The maximum absolute atomic E-state index is 7.51. The summed E-state index contributed by atoms with van der Waals surface area (Å²) in [6.07, 6.45) is 0.737. The lowest BCUT2D eigenvalue weighted by atomic mass is 9.88. The van der Waals surface area contributed by atoms with E-state index in [2.05, 4.69) is 79.9 Å². The van der Waals surface area contributed by atoms with Crippen LogP contribution >= 0.6 is 67.8 Å². The van der Waals surface area contributed by atoms with Gasteiger partial charge in [-0.05, 0) is 86.3 Å². The lowest BCUT2D eigenvalue weighted by Crippen LogP contribution is -2.32. The predicted molar refractivity (Wildman–Crippen MR) is 100 cm³/mol. The third-order valence-electron chi connectivity index (χ3n) is 2.67. The molecule has 1 aromatic carbocycles. The van der Waals surface area contributed by atoms with Crippen molar-refractivity contribution in [1.82, 2.24) is 0 Å². The molecule has 0 fully saturated rings. The molecule has 1 rings (SSSR count). The molecule has 0 unspecified atom stereocenters. The Kier molecular flexibility index (Phi) is 6.42. The van der Waals surface area contributed by atoms with Gasteiger partial charge >= 0.3 is 0 Å². The van der Waals surface area contributed by atoms with E-state index < -0.39 is 0 Å². The fourth-order valence-electron chi connectivity index (χ4n) is 1.21. The minimum Gasteiger partial charge on any atom is -0.491 e. The highest BCUT2D eigenvalue weighted by Gasteiger charge is 2.21. The number of halogens is 3. The van der Waals surface area contributed by atoms with Crippen LogP contribution in [-0.4, -0.2) is 12.4 Å². The molecule has 18 heavy (non-hydrogen) atoms. The average molecular weight is 584 g/mol. The van der Waals surface area contributed by atoms with Gasteiger partial charge in [-0.2, -0.15) is 0 Å². The number of benzene rings is 1. The topological polar surface area (TPSA) is 59.1 Å². The van der Waals surface area contributed by atoms with Crippen molar-refractivity contribution in [2.24, 2.45) is 11.1 Å². The van der Waals surface area contributed by atoms with Crippen LogP contribution in [0.2, 0.25) is 0 Å². The highest BCUT2D eigenvalue weighted by Crippen LogP contribution is 2.30. The average Bonchev–Trinajstić information content (AvgIpc) is 2.21. The number of nitrogens with two attached hydrogens (primary N) is 1. The third kappa shape index (κ3) is 4.66. The van der Waals surface area contributed by atoms with Crippen LogP contribution in [0.3, 0.4) is 0 Å². The maximum atomic E-state index is 7.51. The second-order valence-electron chi connectivity index (χ2n) is 4.59. The molecule has 0 amide bonds. The first-order chi connectivity index (χ1) is 8.24. The molecule has 0 saturated carbocycles. The summed E-state index contributed by atoms with van der Waals surface area (Å²) in [6.45, 7) is 4.49. The van der Waals surface area contributed by atoms with E-state index in [9.17, 15) is 0 Å². The van der Waals surface area contributed by atoms with Crippen molar-refractivity contribution in [2.75, 3.05) is 6.61 Å². The molecular formula is C12H15I3N2O. The third-order valence-corrected chi connectivity index (χ3v) is 4.89. The number of hydrogen-bond acceptors (Lipinski definition) is 2. The van der Waals surface area contributed by atoms with Gasteiger partial charge in [-0.15, -0.1) is 0 Å². The van der Waals surface area contributed by atoms with E-state index in [1.165, 1.54) is 3.57 Å². The van der Waals surface area contributed by atoms with Crippen molar-refractivity contribution in [1.29, 1.82) is 5.41 Å². The molecule has 0 aromatic heterocycles. The summed E-state index contributed by atoms with van der Waals surface area (Å²) in [5.41, 5.74) is 5.25. The van der Waals surface area contributed by atoms with Gasteiger partial charge in [0, 0.05) is 8.99 Å². The highest BCUT2D eigenvalue weighted by molar-refractivity contribution is 14.1. The number of hydrogen-bond donors (Lipinski definition) is 2. The van der Waals surface area contributed by atoms with E-state index in [1.807, 2.05) is 13.8 Å². The van der Waals surface area contributed by atoms with Crippen molar-refractivity contribution < 1.29 is 4.74 Å². The zero-order chi connectivity index (χ0) is 13.9. The lowest BCUT2D eigenvalue weighted by Gasteiger charge is -2.23. The van der Waals surface area contributed by atoms with Gasteiger partial charge in [-0.1, -0.05) is 13.8 Å². The van der Waals surface area contributed by atoms with Gasteiger partial charge in [-0.3, -0.25) is 5.41 Å². The standard InChI is InChI=1S/C12H15I3N2O/c1-12(2,11(16)17)3-4-18-10-8(14)5-7(13)6-9(10)15/h5-6H,3-4H2,1-2H3,(H3,16,17). The molecule has 0 saturated heterocycles. The fraction of sp³-hybridized carbons (Fsp3) is 0.417. The maximum Gasteiger partial charge on any atom is 0.145 e. The molecule has 0 spiro atoms. The number of ether oxygens (including phenoxy) is 1. The predicted octanol–water partition coefficient (Wildman–Crippen LogP) is 4.23. The van der Waals surface area contributed by atoms with E-state index in [0.717, 1.165) is 19.3 Å². The highest BCUT2D eigenvalue weighted by atomic mass is 127. The van der Waals surface area contributed by atoms with Crippen LogP contribution in [0, 0.1) is 21.5 Å². The molecule has 3 nitrogen and oxygen atoms in total. The second kappa shape index (κ2) is 6.91. The molecule has 1 aromatic rings. The van der Waals surface area contributed by atoms with E-state index in [-0.39, 0.29) is 11.3 Å². The van der Waals surface area contributed by atoms with Crippen molar-refractivity contribution in [3.63, 3.8) is 0 Å². The molecule has 3 N–H and O–H groups in total. The van der Waals surface area contributed by atoms with Crippen molar-refractivity contribution in [3.05, 3.63) is 22.8 Å². The van der Waals surface area contributed by atoms with E-state index >= 15 is 0 Å². The molecule has 6 heteroatoms. The first-order valence-electron chi connectivity index (χ1n) is 5.36. The van der Waals surface area contributed by atoms with Gasteiger partial charge in [0.15, 0.2) is 0 Å². The SMILES string of the molecule is CC(C)(CCOc1c(I)cc(I)cc1I)C(=N)N. The molecular weight excluding hydrogens is 569 g/mol. The Balaban J connectivity index is 2.68. The first-order valence-corrected chi connectivity index (χ1v) is 8.59. The van der Waals surface area contributed by atoms with E-state index in [4.69, 9.17) is 15.9 Å². The number of rotatable bonds is 5. The van der Waals surface area contributed by atoms with Gasteiger partial charge in [-0.25, -0.2) is 0 Å². The lowest BCUT2D eigenvalue weighted by molar-refractivity contribution is 0.265. The van der Waals surface area contributed by atoms with Crippen molar-refractivity contribution >= 4 is 73.6 Å². The molecule has 0 atom stereocenters. The normalized spacial score (nSPS) is 11.4. The van der Waals surface area contributed by atoms with Crippen LogP contribution in [0.1, 0.15) is 20.3 Å². The molecule has 0 aliphatic carbocycles.